The van der Waals surface area contributed by atoms with Crippen LogP contribution in [0.4, 0.5) is 0 Å². The number of piperidine rings is 1. The second kappa shape index (κ2) is 12.5. The molecule has 5 nitrogen and oxygen atoms in total. The zero-order valence-corrected chi connectivity index (χ0v) is 22.2. The van der Waals surface area contributed by atoms with E-state index in [0.717, 1.165) is 63.2 Å². The maximum Gasteiger partial charge on any atom is 0.255 e. The first-order valence-corrected chi connectivity index (χ1v) is 14.4. The maximum absolute atomic E-state index is 13.1. The molecule has 1 aromatic heterocycles. The number of likely N-dealkylation sites (tertiary alicyclic amines) is 1. The first-order valence-electron chi connectivity index (χ1n) is 13.4. The molecule has 1 atom stereocenters. The zero-order chi connectivity index (χ0) is 25.3. The molecule has 2 fully saturated rings. The Balaban J connectivity index is 1.11. The summed E-state index contributed by atoms with van der Waals surface area (Å²) < 4.78 is 0. The van der Waals surface area contributed by atoms with Crippen LogP contribution in [0, 0.1) is 0 Å². The van der Waals surface area contributed by atoms with Gasteiger partial charge in [0.1, 0.15) is 0 Å². The number of thioether (sulfide) groups is 1. The SMILES string of the molecule is O=C(NCCCCN1CCC(=C(c2ccccc2)c2ccccc2)CC1)[C@]1(c2cccnc2)NCCS1. The number of hydrogen-bond acceptors (Lipinski definition) is 5. The second-order valence-electron chi connectivity index (χ2n) is 9.71. The molecule has 6 heteroatoms. The molecule has 37 heavy (non-hydrogen) atoms. The largest absolute Gasteiger partial charge is 0.353 e. The highest BCUT2D eigenvalue weighted by Crippen LogP contribution is 2.37. The summed E-state index contributed by atoms with van der Waals surface area (Å²) in [7, 11) is 0. The molecule has 3 aromatic rings. The average molecular weight is 513 g/mol. The van der Waals surface area contributed by atoms with Crippen molar-refractivity contribution in [3.8, 4) is 0 Å². The number of pyridine rings is 1. The fourth-order valence-corrected chi connectivity index (χ4v) is 6.59. The van der Waals surface area contributed by atoms with Gasteiger partial charge in [-0.25, -0.2) is 0 Å². The normalized spacial score (nSPS) is 20.1. The van der Waals surface area contributed by atoms with Gasteiger partial charge in [0.15, 0.2) is 4.87 Å². The van der Waals surface area contributed by atoms with E-state index in [-0.39, 0.29) is 5.91 Å². The predicted octanol–water partition coefficient (Wildman–Crippen LogP) is 5.07. The lowest BCUT2D eigenvalue weighted by molar-refractivity contribution is -0.124. The molecule has 2 N–H and O–H groups in total. The number of nitrogens with zero attached hydrogens (tertiary/aromatic N) is 2. The molecule has 0 aliphatic carbocycles. The van der Waals surface area contributed by atoms with E-state index in [4.69, 9.17) is 0 Å². The van der Waals surface area contributed by atoms with Crippen LogP contribution in [0.5, 0.6) is 0 Å². The minimum atomic E-state index is -0.709. The van der Waals surface area contributed by atoms with E-state index in [0.29, 0.717) is 6.54 Å². The molecule has 192 valence electrons. The average Bonchev–Trinajstić information content (AvgIpc) is 3.47. The Morgan fingerprint density at radius 3 is 2.24 bits per heavy atom. The van der Waals surface area contributed by atoms with Crippen LogP contribution in [0.3, 0.4) is 0 Å². The molecule has 0 bridgehead atoms. The van der Waals surface area contributed by atoms with Crippen molar-refractivity contribution < 1.29 is 4.79 Å². The van der Waals surface area contributed by atoms with Gasteiger partial charge in [0.05, 0.1) is 0 Å². The van der Waals surface area contributed by atoms with Crippen LogP contribution in [0.2, 0.25) is 0 Å². The number of nitrogens with one attached hydrogen (secondary N) is 2. The molecular weight excluding hydrogens is 476 g/mol. The monoisotopic (exact) mass is 512 g/mol. The van der Waals surface area contributed by atoms with Crippen LogP contribution in [0.25, 0.3) is 5.57 Å². The molecule has 0 unspecified atom stereocenters. The van der Waals surface area contributed by atoms with E-state index < -0.39 is 4.87 Å². The van der Waals surface area contributed by atoms with Gasteiger partial charge < -0.3 is 10.2 Å². The molecule has 2 saturated heterocycles. The lowest BCUT2D eigenvalue weighted by Crippen LogP contribution is -2.49. The Kier molecular flexibility index (Phi) is 8.72. The lowest BCUT2D eigenvalue weighted by atomic mass is 9.88. The Labute approximate surface area is 224 Å². The van der Waals surface area contributed by atoms with E-state index >= 15 is 0 Å². The van der Waals surface area contributed by atoms with Gasteiger partial charge in [-0.2, -0.15) is 0 Å². The van der Waals surface area contributed by atoms with E-state index in [9.17, 15) is 4.79 Å². The third-order valence-corrected chi connectivity index (χ3v) is 8.71. The number of carbonyl (C=O) groups is 1. The summed E-state index contributed by atoms with van der Waals surface area (Å²) in [4.78, 5) is 19.2. The Morgan fingerprint density at radius 1 is 0.946 bits per heavy atom. The minimum Gasteiger partial charge on any atom is -0.353 e. The first-order chi connectivity index (χ1) is 18.3. The summed E-state index contributed by atoms with van der Waals surface area (Å²) in [5.41, 5.74) is 6.52. The minimum absolute atomic E-state index is 0.0464. The number of hydrogen-bond donors (Lipinski definition) is 2. The van der Waals surface area contributed by atoms with Crippen LogP contribution in [-0.4, -0.2) is 54.3 Å². The van der Waals surface area contributed by atoms with Gasteiger partial charge in [-0.3, -0.25) is 15.1 Å². The molecule has 0 saturated carbocycles. The first kappa shape index (κ1) is 25.7. The van der Waals surface area contributed by atoms with Gasteiger partial charge >= 0.3 is 0 Å². The van der Waals surface area contributed by atoms with Gasteiger partial charge in [-0.15, -0.1) is 11.8 Å². The molecule has 3 heterocycles. The predicted molar refractivity (Wildman–Crippen MR) is 153 cm³/mol. The van der Waals surface area contributed by atoms with Gasteiger partial charge in [-0.05, 0) is 55.0 Å². The van der Waals surface area contributed by atoms with Crippen molar-refractivity contribution >= 4 is 23.2 Å². The smallest absolute Gasteiger partial charge is 0.255 e. The van der Waals surface area contributed by atoms with Crippen molar-refractivity contribution in [2.75, 3.05) is 38.5 Å². The summed E-state index contributed by atoms with van der Waals surface area (Å²) in [6.07, 6.45) is 7.82. The Hall–Kier alpha value is -2.93. The van der Waals surface area contributed by atoms with Crippen molar-refractivity contribution in [1.82, 2.24) is 20.5 Å². The van der Waals surface area contributed by atoms with Crippen molar-refractivity contribution in [3.05, 3.63) is 107 Å². The summed E-state index contributed by atoms with van der Waals surface area (Å²) in [6, 6.07) is 25.5. The number of benzene rings is 2. The van der Waals surface area contributed by atoms with Gasteiger partial charge in [0.2, 0.25) is 0 Å². The van der Waals surface area contributed by atoms with E-state index in [2.05, 4.69) is 81.2 Å². The van der Waals surface area contributed by atoms with Crippen molar-refractivity contribution in [2.45, 2.75) is 30.6 Å². The number of aromatic nitrogens is 1. The zero-order valence-electron chi connectivity index (χ0n) is 21.4. The molecule has 5 rings (SSSR count). The third kappa shape index (κ3) is 6.15. The van der Waals surface area contributed by atoms with Crippen LogP contribution in [-0.2, 0) is 9.67 Å². The van der Waals surface area contributed by atoms with Crippen LogP contribution in [0.15, 0.2) is 90.8 Å². The molecule has 1 amide bonds. The number of unbranched alkanes of at least 4 members (excludes halogenated alkanes) is 1. The highest BCUT2D eigenvalue weighted by Gasteiger charge is 2.43. The number of carbonyl (C=O) groups excluding carboxylic acids is 1. The van der Waals surface area contributed by atoms with E-state index in [1.807, 2.05) is 12.1 Å². The Morgan fingerprint density at radius 2 is 1.65 bits per heavy atom. The van der Waals surface area contributed by atoms with E-state index in [1.54, 1.807) is 29.7 Å². The van der Waals surface area contributed by atoms with E-state index in [1.165, 1.54) is 16.7 Å². The van der Waals surface area contributed by atoms with Crippen LogP contribution < -0.4 is 10.6 Å². The Bertz CT molecular complexity index is 1130. The molecule has 2 aliphatic rings. The summed E-state index contributed by atoms with van der Waals surface area (Å²) >= 11 is 1.66. The van der Waals surface area contributed by atoms with Crippen LogP contribution in [0.1, 0.15) is 42.4 Å². The second-order valence-corrected chi connectivity index (χ2v) is 11.0. The summed E-state index contributed by atoms with van der Waals surface area (Å²) in [5, 5.41) is 6.60. The van der Waals surface area contributed by atoms with Gasteiger partial charge in [0, 0.05) is 49.9 Å². The molecule has 2 aliphatic heterocycles. The topological polar surface area (TPSA) is 57.3 Å². The fourth-order valence-electron chi connectivity index (χ4n) is 5.38. The van der Waals surface area contributed by atoms with Crippen LogP contribution >= 0.6 is 11.8 Å². The molecule has 0 spiro atoms. The quantitative estimate of drug-likeness (QED) is 0.392. The molecule has 2 aromatic carbocycles. The highest BCUT2D eigenvalue weighted by atomic mass is 32.2. The van der Waals surface area contributed by atoms with Gasteiger partial charge in [0.25, 0.3) is 5.91 Å². The third-order valence-electron chi connectivity index (χ3n) is 7.31. The fraction of sp³-hybridized carbons (Fsp3) is 0.355. The molecular formula is C31H36N4OS. The lowest BCUT2D eigenvalue weighted by Gasteiger charge is -2.30. The number of rotatable bonds is 9. The van der Waals surface area contributed by atoms with Crippen molar-refractivity contribution in [1.29, 1.82) is 0 Å². The summed E-state index contributed by atoms with van der Waals surface area (Å²) in [6.45, 7) is 4.80. The van der Waals surface area contributed by atoms with Crippen molar-refractivity contribution in [3.63, 3.8) is 0 Å². The summed E-state index contributed by atoms with van der Waals surface area (Å²) in [5.74, 6) is 0.967. The standard InChI is InChI=1S/C31H36N4OS/c36-30(31(34-19-23-37-31)28-14-9-17-32-24-28)33-18-7-8-20-35-21-15-27(16-22-35)29(25-10-3-1-4-11-25)26-12-5-2-6-13-26/h1-6,9-14,17,24,34H,7-8,15-16,18-23H2,(H,33,36)/t31-/m1/s1. The molecule has 0 radical (unpaired) electrons. The highest BCUT2D eigenvalue weighted by molar-refractivity contribution is 8.01. The maximum atomic E-state index is 13.1. The number of amides is 1. The van der Waals surface area contributed by atoms with Gasteiger partial charge in [-0.1, -0.05) is 72.3 Å². The van der Waals surface area contributed by atoms with Crippen molar-refractivity contribution in [2.24, 2.45) is 0 Å².